The van der Waals surface area contributed by atoms with E-state index in [4.69, 9.17) is 16.1 Å². The molecule has 2 aromatic rings. The molecule has 1 aromatic heterocycles. The molecule has 0 N–H and O–H groups in total. The van der Waals surface area contributed by atoms with E-state index in [2.05, 4.69) is 10.1 Å². The Hall–Kier alpha value is -1.95. The number of nitrogens with zero attached hydrogens (tertiary/aromatic N) is 3. The van der Waals surface area contributed by atoms with Gasteiger partial charge in [-0.1, -0.05) is 29.7 Å². The lowest BCUT2D eigenvalue weighted by Gasteiger charge is -2.16. The largest absolute Gasteiger partial charge is 0.339 e. The molecule has 7 heteroatoms. The number of amides is 1. The second-order valence-electron chi connectivity index (χ2n) is 5.72. The molecule has 1 unspecified atom stereocenters. The van der Waals surface area contributed by atoms with Crippen LogP contribution in [-0.2, 0) is 17.8 Å². The Bertz CT molecular complexity index is 719. The molecule has 1 fully saturated rings. The minimum Gasteiger partial charge on any atom is -0.339 e. The third-order valence-corrected chi connectivity index (χ3v) is 4.17. The van der Waals surface area contributed by atoms with Gasteiger partial charge in [0.2, 0.25) is 11.8 Å². The Balaban J connectivity index is 1.68. The van der Waals surface area contributed by atoms with Crippen LogP contribution in [0.1, 0.15) is 43.0 Å². The predicted octanol–water partition coefficient (Wildman–Crippen LogP) is 3.33. The number of carbonyl (C=O) groups is 1. The Kier molecular flexibility index (Phi) is 4.61. The van der Waals surface area contributed by atoms with Crippen molar-refractivity contribution in [2.45, 2.75) is 38.6 Å². The fourth-order valence-electron chi connectivity index (χ4n) is 2.71. The number of aromatic nitrogens is 2. The van der Waals surface area contributed by atoms with Crippen LogP contribution in [0.3, 0.4) is 0 Å². The first-order valence-electron chi connectivity index (χ1n) is 7.61. The number of halogens is 2. The molecule has 1 aliphatic heterocycles. The van der Waals surface area contributed by atoms with E-state index in [1.54, 1.807) is 17.0 Å². The van der Waals surface area contributed by atoms with Gasteiger partial charge >= 0.3 is 0 Å². The monoisotopic (exact) mass is 337 g/mol. The molecule has 3 rings (SSSR count). The summed E-state index contributed by atoms with van der Waals surface area (Å²) in [5.74, 6) is 0.665. The Morgan fingerprint density at radius 1 is 1.48 bits per heavy atom. The van der Waals surface area contributed by atoms with Gasteiger partial charge in [-0.05, 0) is 24.1 Å². The van der Waals surface area contributed by atoms with Gasteiger partial charge in [0.05, 0.1) is 10.9 Å². The fraction of sp³-hybridized carbons (Fsp3) is 0.438. The third-order valence-electron chi connectivity index (χ3n) is 3.88. The van der Waals surface area contributed by atoms with Crippen LogP contribution in [0, 0.1) is 5.82 Å². The van der Waals surface area contributed by atoms with Crippen molar-refractivity contribution in [3.05, 3.63) is 46.3 Å². The van der Waals surface area contributed by atoms with E-state index in [0.717, 1.165) is 18.4 Å². The zero-order valence-electron chi connectivity index (χ0n) is 12.8. The molecule has 2 heterocycles. The van der Waals surface area contributed by atoms with Crippen molar-refractivity contribution < 1.29 is 13.7 Å². The van der Waals surface area contributed by atoms with Crippen LogP contribution in [0.4, 0.5) is 4.39 Å². The Morgan fingerprint density at radius 2 is 2.30 bits per heavy atom. The van der Waals surface area contributed by atoms with E-state index < -0.39 is 5.82 Å². The van der Waals surface area contributed by atoms with Crippen LogP contribution in [-0.4, -0.2) is 27.5 Å². The molecule has 1 saturated heterocycles. The topological polar surface area (TPSA) is 59.2 Å². The summed E-state index contributed by atoms with van der Waals surface area (Å²) in [7, 11) is 0. The number of rotatable bonds is 5. The maximum atomic E-state index is 13.2. The molecule has 1 amide bonds. The van der Waals surface area contributed by atoms with Crippen molar-refractivity contribution >= 4 is 17.5 Å². The summed E-state index contributed by atoms with van der Waals surface area (Å²) < 4.78 is 18.5. The van der Waals surface area contributed by atoms with E-state index in [9.17, 15) is 9.18 Å². The van der Waals surface area contributed by atoms with Crippen LogP contribution in [0.25, 0.3) is 0 Å². The third kappa shape index (κ3) is 3.52. The predicted molar refractivity (Wildman–Crippen MR) is 82.5 cm³/mol. The summed E-state index contributed by atoms with van der Waals surface area (Å²) in [6, 6.07) is 4.49. The number of carbonyl (C=O) groups excluding carboxylic acids is 1. The van der Waals surface area contributed by atoms with Crippen LogP contribution in [0.15, 0.2) is 22.7 Å². The van der Waals surface area contributed by atoms with E-state index in [1.807, 2.05) is 6.92 Å². The van der Waals surface area contributed by atoms with Crippen molar-refractivity contribution in [2.24, 2.45) is 0 Å². The van der Waals surface area contributed by atoms with Gasteiger partial charge in [0, 0.05) is 25.9 Å². The van der Waals surface area contributed by atoms with Crippen LogP contribution in [0.2, 0.25) is 5.02 Å². The normalized spacial score (nSPS) is 18.0. The fourth-order valence-corrected chi connectivity index (χ4v) is 2.91. The minimum absolute atomic E-state index is 0.0192. The van der Waals surface area contributed by atoms with Crippen molar-refractivity contribution in [3.8, 4) is 0 Å². The smallest absolute Gasteiger partial charge is 0.232 e. The molecule has 1 aliphatic rings. The molecule has 1 atom stereocenters. The summed E-state index contributed by atoms with van der Waals surface area (Å²) in [6.45, 7) is 2.96. The molecule has 122 valence electrons. The number of hydrogen-bond acceptors (Lipinski definition) is 4. The van der Waals surface area contributed by atoms with Gasteiger partial charge in [-0.2, -0.15) is 4.98 Å². The first-order valence-corrected chi connectivity index (χ1v) is 7.98. The van der Waals surface area contributed by atoms with Gasteiger partial charge in [0.1, 0.15) is 5.82 Å². The molecule has 0 bridgehead atoms. The zero-order valence-corrected chi connectivity index (χ0v) is 13.5. The quantitative estimate of drug-likeness (QED) is 0.839. The molecule has 1 aromatic carbocycles. The minimum atomic E-state index is -0.463. The van der Waals surface area contributed by atoms with E-state index >= 15 is 0 Å². The first-order chi connectivity index (χ1) is 11.1. The lowest BCUT2D eigenvalue weighted by atomic mass is 10.1. The van der Waals surface area contributed by atoms with Gasteiger partial charge in [0.15, 0.2) is 5.82 Å². The molecule has 0 spiro atoms. The summed E-state index contributed by atoms with van der Waals surface area (Å²) in [4.78, 5) is 18.2. The average molecular weight is 338 g/mol. The summed E-state index contributed by atoms with van der Waals surface area (Å²) in [5, 5.41) is 3.99. The van der Waals surface area contributed by atoms with Gasteiger partial charge in [-0.15, -0.1) is 0 Å². The van der Waals surface area contributed by atoms with E-state index in [0.29, 0.717) is 31.2 Å². The Labute approximate surface area is 138 Å². The molecule has 0 aliphatic carbocycles. The van der Waals surface area contributed by atoms with Crippen LogP contribution in [0.5, 0.6) is 0 Å². The second kappa shape index (κ2) is 6.66. The Morgan fingerprint density at radius 3 is 3.04 bits per heavy atom. The molecule has 0 radical (unpaired) electrons. The number of aryl methyl sites for hydroxylation is 1. The van der Waals surface area contributed by atoms with Gasteiger partial charge in [0.25, 0.3) is 0 Å². The average Bonchev–Trinajstić information content (AvgIpc) is 3.11. The van der Waals surface area contributed by atoms with Crippen molar-refractivity contribution in [1.82, 2.24) is 15.0 Å². The zero-order chi connectivity index (χ0) is 16.4. The molecular weight excluding hydrogens is 321 g/mol. The van der Waals surface area contributed by atoms with Crippen molar-refractivity contribution in [1.29, 1.82) is 0 Å². The lowest BCUT2D eigenvalue weighted by molar-refractivity contribution is -0.128. The summed E-state index contributed by atoms with van der Waals surface area (Å²) >= 11 is 5.78. The van der Waals surface area contributed by atoms with Gasteiger partial charge < -0.3 is 9.42 Å². The molecule has 0 saturated carbocycles. The second-order valence-corrected chi connectivity index (χ2v) is 6.13. The maximum Gasteiger partial charge on any atom is 0.232 e. The number of likely N-dealkylation sites (tertiary alicyclic amines) is 1. The molecular formula is C16H17ClFN3O2. The van der Waals surface area contributed by atoms with Gasteiger partial charge in [-0.3, -0.25) is 4.79 Å². The maximum absolute atomic E-state index is 13.2. The SMILES string of the molecule is CCCc1noc(C2CC(=O)N(Cc3ccc(F)c(Cl)c3)C2)n1. The van der Waals surface area contributed by atoms with Crippen LogP contribution < -0.4 is 0 Å². The van der Waals surface area contributed by atoms with Gasteiger partial charge in [-0.25, -0.2) is 4.39 Å². The highest BCUT2D eigenvalue weighted by atomic mass is 35.5. The van der Waals surface area contributed by atoms with E-state index in [1.165, 1.54) is 6.07 Å². The molecule has 5 nitrogen and oxygen atoms in total. The summed E-state index contributed by atoms with van der Waals surface area (Å²) in [5.41, 5.74) is 0.794. The summed E-state index contributed by atoms with van der Waals surface area (Å²) in [6.07, 6.45) is 2.06. The number of hydrogen-bond donors (Lipinski definition) is 0. The van der Waals surface area contributed by atoms with Crippen molar-refractivity contribution in [3.63, 3.8) is 0 Å². The molecule has 23 heavy (non-hydrogen) atoms. The first kappa shape index (κ1) is 15.9. The highest BCUT2D eigenvalue weighted by Gasteiger charge is 2.34. The van der Waals surface area contributed by atoms with Crippen molar-refractivity contribution in [2.75, 3.05) is 6.54 Å². The number of benzene rings is 1. The highest BCUT2D eigenvalue weighted by Crippen LogP contribution is 2.29. The van der Waals surface area contributed by atoms with E-state index in [-0.39, 0.29) is 16.8 Å². The van der Waals surface area contributed by atoms with Crippen LogP contribution >= 0.6 is 11.6 Å². The highest BCUT2D eigenvalue weighted by molar-refractivity contribution is 6.30. The lowest BCUT2D eigenvalue weighted by Crippen LogP contribution is -2.24. The standard InChI is InChI=1S/C16H17ClFN3O2/c1-2-3-14-19-16(23-20-14)11-7-15(22)21(9-11)8-10-4-5-13(18)12(17)6-10/h4-6,11H,2-3,7-9H2,1H3.